The highest BCUT2D eigenvalue weighted by Gasteiger charge is 2.41. The number of Topliss-reactive ketones (excluding diaryl/α,β-unsaturated/α-hetero) is 1. The minimum Gasteiger partial charge on any atom is -0.508 e. The van der Waals surface area contributed by atoms with E-state index in [1.807, 2.05) is 19.1 Å². The number of phenolic OH excluding ortho intramolecular Hbond substituents is 3. The smallest absolute Gasteiger partial charge is 0.233 e. The number of aryl methyl sites for hydroxylation is 1. The molecule has 7 heteroatoms. The molecule has 5 rings (SSSR count). The first-order valence-corrected chi connectivity index (χ1v) is 9.72. The fourth-order valence-corrected chi connectivity index (χ4v) is 4.51. The summed E-state index contributed by atoms with van der Waals surface area (Å²) in [6.45, 7) is 1.81. The lowest BCUT2D eigenvalue weighted by Gasteiger charge is -2.34. The second kappa shape index (κ2) is 6.66. The maximum absolute atomic E-state index is 13.3. The molecule has 1 aromatic heterocycles. The van der Waals surface area contributed by atoms with Gasteiger partial charge in [-0.2, -0.15) is 0 Å². The Kier molecular flexibility index (Phi) is 4.06. The molecule has 1 aliphatic heterocycles. The van der Waals surface area contributed by atoms with Crippen LogP contribution in [0.4, 0.5) is 5.88 Å². The Labute approximate surface area is 172 Å². The molecule has 3 aromatic rings. The lowest BCUT2D eigenvalue weighted by Crippen LogP contribution is -2.29. The number of aromatic hydroxyl groups is 3. The average molecular weight is 404 g/mol. The monoisotopic (exact) mass is 404 g/mol. The Hall–Kier alpha value is -3.74. The van der Waals surface area contributed by atoms with E-state index in [1.54, 1.807) is 18.2 Å². The summed E-state index contributed by atoms with van der Waals surface area (Å²) >= 11 is 0. The predicted octanol–water partition coefficient (Wildman–Crippen LogP) is 4.06. The number of rotatable bonds is 2. The molecule has 7 nitrogen and oxygen atoms in total. The van der Waals surface area contributed by atoms with Gasteiger partial charge in [0.2, 0.25) is 5.88 Å². The van der Waals surface area contributed by atoms with Crippen LogP contribution in [0.15, 0.2) is 58.3 Å². The van der Waals surface area contributed by atoms with Gasteiger partial charge in [-0.05, 0) is 54.7 Å². The quantitative estimate of drug-likeness (QED) is 0.476. The van der Waals surface area contributed by atoms with Crippen LogP contribution < -0.4 is 5.32 Å². The van der Waals surface area contributed by atoms with Crippen LogP contribution in [0.1, 0.15) is 47.1 Å². The van der Waals surface area contributed by atoms with Crippen LogP contribution in [0.3, 0.4) is 0 Å². The highest BCUT2D eigenvalue weighted by Crippen LogP contribution is 2.49. The van der Waals surface area contributed by atoms with Gasteiger partial charge in [-0.15, -0.1) is 0 Å². The number of phenols is 3. The lowest BCUT2D eigenvalue weighted by molar-refractivity contribution is -0.116. The molecule has 0 amide bonds. The molecule has 152 valence electrons. The molecular formula is C23H20N2O5. The van der Waals surface area contributed by atoms with Crippen molar-refractivity contribution >= 4 is 11.7 Å². The van der Waals surface area contributed by atoms with Gasteiger partial charge in [0.25, 0.3) is 0 Å². The summed E-state index contributed by atoms with van der Waals surface area (Å²) in [6.07, 6.45) is 0.942. The van der Waals surface area contributed by atoms with Crippen LogP contribution in [-0.4, -0.2) is 26.3 Å². The van der Waals surface area contributed by atoms with Crippen molar-refractivity contribution in [2.24, 2.45) is 0 Å². The third kappa shape index (κ3) is 2.82. The molecule has 30 heavy (non-hydrogen) atoms. The Morgan fingerprint density at radius 2 is 1.73 bits per heavy atom. The van der Waals surface area contributed by atoms with E-state index in [0.29, 0.717) is 35.6 Å². The molecule has 2 aromatic carbocycles. The summed E-state index contributed by atoms with van der Waals surface area (Å²) < 4.78 is 5.48. The number of carbonyl (C=O) groups is 1. The van der Waals surface area contributed by atoms with Crippen molar-refractivity contribution in [1.29, 1.82) is 0 Å². The zero-order chi connectivity index (χ0) is 21.0. The molecule has 0 spiro atoms. The van der Waals surface area contributed by atoms with Crippen LogP contribution >= 0.6 is 0 Å². The van der Waals surface area contributed by atoms with E-state index in [2.05, 4.69) is 10.5 Å². The summed E-state index contributed by atoms with van der Waals surface area (Å²) in [5.74, 6) is -0.245. The molecule has 0 bridgehead atoms. The predicted molar refractivity (Wildman–Crippen MR) is 109 cm³/mol. The molecule has 0 unspecified atom stereocenters. The molecule has 0 saturated heterocycles. The van der Waals surface area contributed by atoms with Crippen molar-refractivity contribution in [1.82, 2.24) is 5.16 Å². The lowest BCUT2D eigenvalue weighted by atomic mass is 9.72. The van der Waals surface area contributed by atoms with Crippen LogP contribution in [-0.2, 0) is 4.79 Å². The van der Waals surface area contributed by atoms with E-state index in [4.69, 9.17) is 4.52 Å². The third-order valence-electron chi connectivity index (χ3n) is 5.96. The number of nitrogens with zero attached hydrogens (tertiary/aromatic N) is 1. The first-order valence-electron chi connectivity index (χ1n) is 9.72. The number of hydrogen-bond donors (Lipinski definition) is 4. The number of nitrogens with one attached hydrogen (secondary N) is 1. The molecule has 0 saturated carbocycles. The van der Waals surface area contributed by atoms with Crippen molar-refractivity contribution in [3.05, 3.63) is 76.1 Å². The number of ketones is 1. The normalized spacial score (nSPS) is 20.5. The maximum Gasteiger partial charge on any atom is 0.233 e. The second-order valence-electron chi connectivity index (χ2n) is 7.83. The number of carbonyl (C=O) groups excluding carboxylic acids is 1. The zero-order valence-electron chi connectivity index (χ0n) is 16.2. The molecule has 4 N–H and O–H groups in total. The van der Waals surface area contributed by atoms with Gasteiger partial charge in [0.15, 0.2) is 17.3 Å². The molecule has 1 aliphatic carbocycles. The van der Waals surface area contributed by atoms with Gasteiger partial charge >= 0.3 is 0 Å². The first kappa shape index (κ1) is 18.3. The summed E-state index contributed by atoms with van der Waals surface area (Å²) in [6, 6.07) is 11.5. The van der Waals surface area contributed by atoms with Crippen molar-refractivity contribution in [2.75, 3.05) is 5.32 Å². The molecule has 0 radical (unpaired) electrons. The van der Waals surface area contributed by atoms with E-state index in [0.717, 1.165) is 16.8 Å². The van der Waals surface area contributed by atoms with E-state index in [1.165, 1.54) is 12.1 Å². The largest absolute Gasteiger partial charge is 0.508 e. The Balaban J connectivity index is 1.62. The topological polar surface area (TPSA) is 116 Å². The molecule has 2 heterocycles. The van der Waals surface area contributed by atoms with E-state index >= 15 is 0 Å². The first-order chi connectivity index (χ1) is 14.4. The van der Waals surface area contributed by atoms with Gasteiger partial charge < -0.3 is 25.2 Å². The van der Waals surface area contributed by atoms with E-state index in [-0.39, 0.29) is 28.9 Å². The summed E-state index contributed by atoms with van der Waals surface area (Å²) in [5.41, 5.74) is 4.49. The third-order valence-corrected chi connectivity index (χ3v) is 5.96. The maximum atomic E-state index is 13.3. The molecule has 0 fully saturated rings. The number of benzene rings is 2. The fourth-order valence-electron chi connectivity index (χ4n) is 4.51. The van der Waals surface area contributed by atoms with Gasteiger partial charge in [-0.25, -0.2) is 0 Å². The van der Waals surface area contributed by atoms with Crippen molar-refractivity contribution < 1.29 is 24.6 Å². The van der Waals surface area contributed by atoms with Crippen LogP contribution in [0.2, 0.25) is 0 Å². The molecular weight excluding hydrogens is 384 g/mol. The Morgan fingerprint density at radius 1 is 1.00 bits per heavy atom. The second-order valence-corrected chi connectivity index (χ2v) is 7.83. The Bertz CT molecular complexity index is 1190. The highest BCUT2D eigenvalue weighted by molar-refractivity contribution is 6.01. The average Bonchev–Trinajstić information content (AvgIpc) is 3.09. The zero-order valence-corrected chi connectivity index (χ0v) is 16.2. The number of anilines is 1. The van der Waals surface area contributed by atoms with Crippen LogP contribution in [0, 0.1) is 6.92 Å². The van der Waals surface area contributed by atoms with Gasteiger partial charge in [-0.1, -0.05) is 23.4 Å². The SMILES string of the molecule is Cc1noc2c1[C@@H](c1ccc(O)c(O)c1)C1=C(C[C@H](c3ccc(O)cc3)CC1=O)N2. The summed E-state index contributed by atoms with van der Waals surface area (Å²) in [5, 5.41) is 36.7. The number of fused-ring (bicyclic) bond motifs is 1. The standard InChI is InChI=1S/C23H20N2O5/c1-11-20-21(13-4-7-17(27)18(28)9-13)22-16(24-23(20)30-25-11)8-14(10-19(22)29)12-2-5-15(26)6-3-12/h2-7,9,14,21,24,26-28H,8,10H2,1H3/t14-,21+/m0/s1. The van der Waals surface area contributed by atoms with Crippen molar-refractivity contribution in [3.8, 4) is 17.2 Å². The number of hydrogen-bond acceptors (Lipinski definition) is 7. The van der Waals surface area contributed by atoms with Crippen LogP contribution in [0.25, 0.3) is 0 Å². The van der Waals surface area contributed by atoms with E-state index < -0.39 is 5.92 Å². The summed E-state index contributed by atoms with van der Waals surface area (Å²) in [7, 11) is 0. The van der Waals surface area contributed by atoms with Gasteiger partial charge in [0.1, 0.15) is 5.75 Å². The summed E-state index contributed by atoms with van der Waals surface area (Å²) in [4.78, 5) is 13.3. The minimum atomic E-state index is -0.442. The van der Waals surface area contributed by atoms with Gasteiger partial charge in [0, 0.05) is 23.6 Å². The van der Waals surface area contributed by atoms with Crippen LogP contribution in [0.5, 0.6) is 17.2 Å². The van der Waals surface area contributed by atoms with Crippen molar-refractivity contribution in [2.45, 2.75) is 31.6 Å². The van der Waals surface area contributed by atoms with Gasteiger partial charge in [-0.3, -0.25) is 4.79 Å². The minimum absolute atomic E-state index is 0.00522. The number of aromatic nitrogens is 1. The fraction of sp³-hybridized carbons (Fsp3) is 0.217. The van der Waals surface area contributed by atoms with Gasteiger partial charge in [0.05, 0.1) is 11.3 Å². The Morgan fingerprint density at radius 3 is 2.47 bits per heavy atom. The highest BCUT2D eigenvalue weighted by atomic mass is 16.5. The molecule has 2 aliphatic rings. The number of allylic oxidation sites excluding steroid dienone is 2. The van der Waals surface area contributed by atoms with E-state index in [9.17, 15) is 20.1 Å². The molecule has 2 atom stereocenters. The van der Waals surface area contributed by atoms with Crippen molar-refractivity contribution in [3.63, 3.8) is 0 Å².